The summed E-state index contributed by atoms with van der Waals surface area (Å²) in [6.45, 7) is -0.806. The van der Waals surface area contributed by atoms with Gasteiger partial charge in [0.2, 0.25) is 6.17 Å². The lowest BCUT2D eigenvalue weighted by atomic mass is 10.4. The Bertz CT molecular complexity index is 116. The topological polar surface area (TPSA) is 12.5 Å². The fourth-order valence-electron chi connectivity index (χ4n) is 0.404. The van der Waals surface area contributed by atoms with Crippen molar-refractivity contribution in [1.29, 1.82) is 0 Å². The number of hydroxylamine groups is 2. The minimum atomic E-state index is -4.80. The Balaban J connectivity index is 3.77. The third-order valence-corrected chi connectivity index (χ3v) is 1.08. The number of nitrogens with zero attached hydrogens (tertiary/aromatic N) is 1. The zero-order valence-electron chi connectivity index (χ0n) is 6.15. The number of alkyl halides is 4. The summed E-state index contributed by atoms with van der Waals surface area (Å²) in [5.74, 6) is 0. The molecule has 0 aromatic heterocycles. The summed E-state index contributed by atoms with van der Waals surface area (Å²) in [4.78, 5) is 4.31. The minimum Gasteiger partial charge on any atom is -0.302 e. The van der Waals surface area contributed by atoms with Crippen LogP contribution in [0.15, 0.2) is 0 Å². The maximum atomic E-state index is 12.1. The molecule has 68 valence electrons. The van der Waals surface area contributed by atoms with Crippen molar-refractivity contribution < 1.29 is 22.4 Å². The second-order valence-corrected chi connectivity index (χ2v) is 2.00. The molecule has 11 heavy (non-hydrogen) atoms. The first-order valence-corrected chi connectivity index (χ1v) is 2.84. The first-order valence-electron chi connectivity index (χ1n) is 2.84. The van der Waals surface area contributed by atoms with Gasteiger partial charge in [-0.2, -0.15) is 18.2 Å². The fraction of sp³-hybridized carbons (Fsp3) is 1.00. The number of hydrogen-bond acceptors (Lipinski definition) is 2. The van der Waals surface area contributed by atoms with Crippen LogP contribution in [-0.2, 0) is 4.84 Å². The first-order chi connectivity index (χ1) is 4.88. The molecule has 0 bridgehead atoms. The fourth-order valence-corrected chi connectivity index (χ4v) is 0.404. The Kier molecular flexibility index (Phi) is 3.74. The summed E-state index contributed by atoms with van der Waals surface area (Å²) in [6, 6.07) is 0. The molecule has 0 aliphatic rings. The molecule has 1 unspecified atom stereocenters. The summed E-state index contributed by atoms with van der Waals surface area (Å²) in [5, 5.41) is 0.776. The second-order valence-electron chi connectivity index (χ2n) is 2.00. The van der Waals surface area contributed by atoms with E-state index in [9.17, 15) is 17.6 Å². The van der Waals surface area contributed by atoms with Crippen molar-refractivity contribution in [2.75, 3.05) is 20.7 Å². The van der Waals surface area contributed by atoms with Crippen LogP contribution in [0.1, 0.15) is 0 Å². The van der Waals surface area contributed by atoms with E-state index < -0.39 is 18.9 Å². The molecule has 0 saturated carbocycles. The van der Waals surface area contributed by atoms with Gasteiger partial charge in [-0.3, -0.25) is 0 Å². The Morgan fingerprint density at radius 3 is 2.18 bits per heavy atom. The Morgan fingerprint density at radius 1 is 1.45 bits per heavy atom. The van der Waals surface area contributed by atoms with Crippen LogP contribution in [0.5, 0.6) is 0 Å². The molecule has 0 radical (unpaired) electrons. The average Bonchev–Trinajstić information content (AvgIpc) is 1.85. The second kappa shape index (κ2) is 3.87. The third kappa shape index (κ3) is 4.15. The van der Waals surface area contributed by atoms with E-state index in [0.717, 1.165) is 5.06 Å². The largest absolute Gasteiger partial charge is 0.421 e. The Hall–Kier alpha value is -0.360. The van der Waals surface area contributed by atoms with Gasteiger partial charge < -0.3 is 4.84 Å². The molecule has 0 aliphatic heterocycles. The van der Waals surface area contributed by atoms with Crippen LogP contribution >= 0.6 is 0 Å². The lowest BCUT2D eigenvalue weighted by molar-refractivity contribution is -0.209. The van der Waals surface area contributed by atoms with E-state index >= 15 is 0 Å². The van der Waals surface area contributed by atoms with Gasteiger partial charge in [0, 0.05) is 7.05 Å². The Labute approximate surface area is 61.7 Å². The van der Waals surface area contributed by atoms with Crippen molar-refractivity contribution in [3.63, 3.8) is 0 Å². The van der Waals surface area contributed by atoms with Crippen molar-refractivity contribution >= 4 is 0 Å². The van der Waals surface area contributed by atoms with Crippen molar-refractivity contribution in [3.05, 3.63) is 0 Å². The normalized spacial score (nSPS) is 15.5. The van der Waals surface area contributed by atoms with E-state index in [2.05, 4.69) is 4.84 Å². The summed E-state index contributed by atoms with van der Waals surface area (Å²) in [7, 11) is 2.39. The summed E-state index contributed by atoms with van der Waals surface area (Å²) in [6.07, 6.45) is -7.65. The van der Waals surface area contributed by atoms with Gasteiger partial charge in [0.1, 0.15) is 0 Å². The predicted molar refractivity (Wildman–Crippen MR) is 30.6 cm³/mol. The van der Waals surface area contributed by atoms with Crippen LogP contribution in [0.2, 0.25) is 0 Å². The van der Waals surface area contributed by atoms with Gasteiger partial charge in [0.25, 0.3) is 0 Å². The number of hydrogen-bond donors (Lipinski definition) is 0. The third-order valence-electron chi connectivity index (χ3n) is 1.08. The molecule has 6 heteroatoms. The molecule has 0 amide bonds. The van der Waals surface area contributed by atoms with Crippen LogP contribution in [0.4, 0.5) is 17.6 Å². The molecule has 0 rings (SSSR count). The summed E-state index contributed by atoms with van der Waals surface area (Å²) >= 11 is 0. The van der Waals surface area contributed by atoms with E-state index in [4.69, 9.17) is 0 Å². The molecule has 2 nitrogen and oxygen atoms in total. The van der Waals surface area contributed by atoms with E-state index in [1.807, 2.05) is 0 Å². The van der Waals surface area contributed by atoms with Gasteiger partial charge in [0.15, 0.2) is 0 Å². The molecule has 0 spiro atoms. The highest BCUT2D eigenvalue weighted by atomic mass is 19.4. The summed E-state index contributed by atoms with van der Waals surface area (Å²) in [5.41, 5.74) is 0. The molecule has 0 aliphatic carbocycles. The van der Waals surface area contributed by atoms with Crippen molar-refractivity contribution in [3.8, 4) is 0 Å². The SMILES string of the molecule is CON(C)CC(F)C(F)(F)F. The minimum absolute atomic E-state index is 0.776. The van der Waals surface area contributed by atoms with Crippen molar-refractivity contribution in [1.82, 2.24) is 5.06 Å². The van der Waals surface area contributed by atoms with E-state index in [1.54, 1.807) is 0 Å². The molecule has 0 N–H and O–H groups in total. The monoisotopic (exact) mass is 175 g/mol. The van der Waals surface area contributed by atoms with Gasteiger partial charge in [-0.1, -0.05) is 0 Å². The molecule has 0 aromatic rings. The van der Waals surface area contributed by atoms with Crippen molar-refractivity contribution in [2.24, 2.45) is 0 Å². The van der Waals surface area contributed by atoms with Crippen LogP contribution in [0.3, 0.4) is 0 Å². The van der Waals surface area contributed by atoms with Gasteiger partial charge in [-0.25, -0.2) is 4.39 Å². The van der Waals surface area contributed by atoms with E-state index in [1.165, 1.54) is 14.2 Å². The molecular weight excluding hydrogens is 166 g/mol. The highest BCUT2D eigenvalue weighted by Crippen LogP contribution is 2.23. The zero-order valence-corrected chi connectivity index (χ0v) is 6.15. The lowest BCUT2D eigenvalue weighted by Gasteiger charge is -2.18. The predicted octanol–water partition coefficient (Wildman–Crippen LogP) is 1.38. The maximum absolute atomic E-state index is 12.1. The molecular formula is C5H9F4NO. The average molecular weight is 175 g/mol. The highest BCUT2D eigenvalue weighted by Gasteiger charge is 2.40. The number of halogens is 4. The molecule has 0 aromatic carbocycles. The van der Waals surface area contributed by atoms with E-state index in [-0.39, 0.29) is 0 Å². The standard InChI is InChI=1S/C5H9F4NO/c1-10(11-2)3-4(6)5(7,8)9/h4H,3H2,1-2H3. The van der Waals surface area contributed by atoms with Crippen LogP contribution in [0, 0.1) is 0 Å². The van der Waals surface area contributed by atoms with Gasteiger partial charge in [0.05, 0.1) is 13.7 Å². The van der Waals surface area contributed by atoms with Crippen LogP contribution < -0.4 is 0 Å². The zero-order chi connectivity index (χ0) is 9.07. The van der Waals surface area contributed by atoms with Gasteiger partial charge >= 0.3 is 6.18 Å². The first kappa shape index (κ1) is 10.6. The molecule has 0 saturated heterocycles. The Morgan fingerprint density at radius 2 is 1.91 bits per heavy atom. The van der Waals surface area contributed by atoms with Crippen LogP contribution in [-0.4, -0.2) is 38.1 Å². The smallest absolute Gasteiger partial charge is 0.302 e. The van der Waals surface area contributed by atoms with Gasteiger partial charge in [-0.05, 0) is 0 Å². The highest BCUT2D eigenvalue weighted by molar-refractivity contribution is 4.66. The maximum Gasteiger partial charge on any atom is 0.421 e. The van der Waals surface area contributed by atoms with E-state index in [0.29, 0.717) is 0 Å². The number of rotatable bonds is 3. The van der Waals surface area contributed by atoms with Crippen molar-refractivity contribution in [2.45, 2.75) is 12.3 Å². The lowest BCUT2D eigenvalue weighted by Crippen LogP contribution is -2.35. The molecule has 0 heterocycles. The molecule has 0 fully saturated rings. The van der Waals surface area contributed by atoms with Gasteiger partial charge in [-0.15, -0.1) is 0 Å². The quantitative estimate of drug-likeness (QED) is 0.474. The molecule has 1 atom stereocenters. The van der Waals surface area contributed by atoms with Crippen LogP contribution in [0.25, 0.3) is 0 Å². The summed E-state index contributed by atoms with van der Waals surface area (Å²) < 4.78 is 46.6.